The Kier molecular flexibility index (Phi) is 3.16. The fourth-order valence-electron chi connectivity index (χ4n) is 1.13. The Bertz CT molecular complexity index is 493. The van der Waals surface area contributed by atoms with Crippen LogP contribution in [-0.4, -0.2) is 22.3 Å². The van der Waals surface area contributed by atoms with Crippen LogP contribution in [0.25, 0.3) is 0 Å². The molecule has 1 heterocycles. The minimum atomic E-state index is 0.0346. The Hall–Kier alpha value is -1.88. The highest BCUT2D eigenvalue weighted by atomic mass is 35.5. The number of benzene rings is 1. The van der Waals surface area contributed by atoms with Crippen LogP contribution < -0.4 is 9.47 Å². The quantitative estimate of drug-likeness (QED) is 0.820. The summed E-state index contributed by atoms with van der Waals surface area (Å²) in [6.45, 7) is 0. The average molecular weight is 238 g/mol. The molecule has 0 atom stereocenters. The van der Waals surface area contributed by atoms with Crippen molar-refractivity contribution < 1.29 is 9.47 Å². The van der Waals surface area contributed by atoms with Gasteiger partial charge < -0.3 is 9.47 Å². The number of methoxy groups -OCH3 is 1. The Morgan fingerprint density at radius 3 is 2.62 bits per heavy atom. The van der Waals surface area contributed by atoms with Crippen LogP contribution in [0.4, 0.5) is 0 Å². The third-order valence-electron chi connectivity index (χ3n) is 1.79. The van der Waals surface area contributed by atoms with Gasteiger partial charge in [-0.3, -0.25) is 0 Å². The van der Waals surface area contributed by atoms with E-state index in [1.807, 2.05) is 12.1 Å². The number of ether oxygens (including phenoxy) is 2. The first-order valence-electron chi connectivity index (χ1n) is 4.45. The molecule has 0 aliphatic rings. The molecule has 0 saturated carbocycles. The zero-order valence-electron chi connectivity index (χ0n) is 8.42. The summed E-state index contributed by atoms with van der Waals surface area (Å²) < 4.78 is 10.6. The molecule has 0 spiro atoms. The Morgan fingerprint density at radius 2 is 1.94 bits per heavy atom. The first kappa shape index (κ1) is 10.6. The van der Waals surface area contributed by atoms with Crippen LogP contribution >= 0.6 is 11.6 Å². The second-order valence-electron chi connectivity index (χ2n) is 2.82. The molecule has 2 aromatic rings. The zero-order chi connectivity index (χ0) is 11.4. The lowest BCUT2D eigenvalue weighted by Crippen LogP contribution is -1.94. The van der Waals surface area contributed by atoms with E-state index in [9.17, 15) is 0 Å². The smallest absolute Gasteiger partial charge is 0.246 e. The Morgan fingerprint density at radius 1 is 1.19 bits per heavy atom. The van der Waals surface area contributed by atoms with Gasteiger partial charge in [-0.15, -0.1) is 5.10 Å². The van der Waals surface area contributed by atoms with Crippen LogP contribution in [0.15, 0.2) is 30.5 Å². The molecule has 0 aliphatic heterocycles. The monoisotopic (exact) mass is 237 g/mol. The van der Waals surface area contributed by atoms with Gasteiger partial charge in [0.2, 0.25) is 11.2 Å². The van der Waals surface area contributed by atoms with Crippen LogP contribution in [-0.2, 0) is 0 Å². The lowest BCUT2D eigenvalue weighted by atomic mass is 10.3. The number of halogens is 1. The van der Waals surface area contributed by atoms with Gasteiger partial charge in [0.15, 0.2) is 11.5 Å². The molecule has 1 aromatic heterocycles. The normalized spacial score (nSPS) is 9.88. The topological polar surface area (TPSA) is 57.1 Å². The van der Waals surface area contributed by atoms with E-state index in [-0.39, 0.29) is 11.2 Å². The third kappa shape index (κ3) is 2.38. The van der Waals surface area contributed by atoms with Crippen molar-refractivity contribution >= 4 is 11.6 Å². The molecule has 0 amide bonds. The summed E-state index contributed by atoms with van der Waals surface area (Å²) in [5.74, 6) is 1.42. The van der Waals surface area contributed by atoms with Gasteiger partial charge in [-0.2, -0.15) is 10.1 Å². The minimum Gasteiger partial charge on any atom is -0.493 e. The van der Waals surface area contributed by atoms with E-state index in [0.29, 0.717) is 11.5 Å². The molecule has 0 N–H and O–H groups in total. The average Bonchev–Trinajstić information content (AvgIpc) is 2.30. The zero-order valence-corrected chi connectivity index (χ0v) is 9.18. The second-order valence-corrected chi connectivity index (χ2v) is 3.15. The molecule has 16 heavy (non-hydrogen) atoms. The predicted molar refractivity (Wildman–Crippen MR) is 57.9 cm³/mol. The van der Waals surface area contributed by atoms with E-state index in [4.69, 9.17) is 21.1 Å². The van der Waals surface area contributed by atoms with Crippen LogP contribution in [0.3, 0.4) is 0 Å². The van der Waals surface area contributed by atoms with Crippen molar-refractivity contribution in [1.82, 2.24) is 15.2 Å². The molecule has 0 fully saturated rings. The summed E-state index contributed by atoms with van der Waals surface area (Å²) in [5.41, 5.74) is 0. The molecular weight excluding hydrogens is 230 g/mol. The lowest BCUT2D eigenvalue weighted by molar-refractivity contribution is 0.373. The fourth-order valence-corrected chi connectivity index (χ4v) is 1.26. The standard InChI is InChI=1S/C10H8ClN3O2/c1-15-7-4-2-3-5-8(7)16-9-6-12-14-10(11)13-9/h2-6H,1H3. The number of rotatable bonds is 3. The highest BCUT2D eigenvalue weighted by molar-refractivity contribution is 6.28. The summed E-state index contributed by atoms with van der Waals surface area (Å²) >= 11 is 5.59. The van der Waals surface area contributed by atoms with E-state index in [2.05, 4.69) is 15.2 Å². The summed E-state index contributed by atoms with van der Waals surface area (Å²) in [6.07, 6.45) is 1.37. The van der Waals surface area contributed by atoms with Crippen molar-refractivity contribution in [2.45, 2.75) is 0 Å². The van der Waals surface area contributed by atoms with E-state index < -0.39 is 0 Å². The number of hydrogen-bond acceptors (Lipinski definition) is 5. The molecule has 1 aromatic carbocycles. The molecular formula is C10H8ClN3O2. The van der Waals surface area contributed by atoms with Crippen molar-refractivity contribution in [3.63, 3.8) is 0 Å². The first-order valence-corrected chi connectivity index (χ1v) is 4.83. The van der Waals surface area contributed by atoms with Crippen LogP contribution in [0.5, 0.6) is 17.4 Å². The number of para-hydroxylation sites is 2. The molecule has 5 nitrogen and oxygen atoms in total. The highest BCUT2D eigenvalue weighted by Gasteiger charge is 2.06. The molecule has 0 saturated heterocycles. The van der Waals surface area contributed by atoms with Gasteiger partial charge in [0.05, 0.1) is 7.11 Å². The SMILES string of the molecule is COc1ccccc1Oc1cnnc(Cl)n1. The van der Waals surface area contributed by atoms with Gasteiger partial charge >= 0.3 is 0 Å². The lowest BCUT2D eigenvalue weighted by Gasteiger charge is -2.08. The van der Waals surface area contributed by atoms with Gasteiger partial charge in [-0.25, -0.2) is 0 Å². The van der Waals surface area contributed by atoms with Crippen molar-refractivity contribution in [1.29, 1.82) is 0 Å². The summed E-state index contributed by atoms with van der Waals surface area (Å²) in [4.78, 5) is 3.86. The molecule has 0 unspecified atom stereocenters. The second kappa shape index (κ2) is 4.76. The molecule has 82 valence electrons. The number of aromatic nitrogens is 3. The van der Waals surface area contributed by atoms with Crippen LogP contribution in [0.2, 0.25) is 5.28 Å². The van der Waals surface area contributed by atoms with Crippen molar-refractivity contribution in [2.75, 3.05) is 7.11 Å². The Balaban J connectivity index is 2.26. The maximum absolute atomic E-state index is 5.59. The summed E-state index contributed by atoms with van der Waals surface area (Å²) in [6, 6.07) is 7.21. The van der Waals surface area contributed by atoms with Gasteiger partial charge in [0, 0.05) is 0 Å². The van der Waals surface area contributed by atoms with E-state index in [1.54, 1.807) is 19.2 Å². The van der Waals surface area contributed by atoms with Gasteiger partial charge in [-0.05, 0) is 23.7 Å². The van der Waals surface area contributed by atoms with Crippen LogP contribution in [0.1, 0.15) is 0 Å². The van der Waals surface area contributed by atoms with Crippen LogP contribution in [0, 0.1) is 0 Å². The molecule has 6 heteroatoms. The van der Waals surface area contributed by atoms with Crippen molar-refractivity contribution in [3.8, 4) is 17.4 Å². The largest absolute Gasteiger partial charge is 0.493 e. The van der Waals surface area contributed by atoms with Crippen molar-refractivity contribution in [2.24, 2.45) is 0 Å². The summed E-state index contributed by atoms with van der Waals surface area (Å²) in [7, 11) is 1.56. The summed E-state index contributed by atoms with van der Waals surface area (Å²) in [5, 5.41) is 7.18. The van der Waals surface area contributed by atoms with Gasteiger partial charge in [-0.1, -0.05) is 12.1 Å². The van der Waals surface area contributed by atoms with E-state index >= 15 is 0 Å². The van der Waals surface area contributed by atoms with Gasteiger partial charge in [0.25, 0.3) is 0 Å². The molecule has 0 bridgehead atoms. The predicted octanol–water partition coefficient (Wildman–Crippen LogP) is 2.33. The third-order valence-corrected chi connectivity index (χ3v) is 1.95. The molecule has 2 rings (SSSR count). The first-order chi connectivity index (χ1) is 7.79. The van der Waals surface area contributed by atoms with E-state index in [0.717, 1.165) is 0 Å². The molecule has 0 aliphatic carbocycles. The minimum absolute atomic E-state index is 0.0346. The maximum atomic E-state index is 5.59. The maximum Gasteiger partial charge on any atom is 0.246 e. The number of hydrogen-bond donors (Lipinski definition) is 0. The highest BCUT2D eigenvalue weighted by Crippen LogP contribution is 2.29. The van der Waals surface area contributed by atoms with Gasteiger partial charge in [0.1, 0.15) is 6.20 Å². The Labute approximate surface area is 97.0 Å². The van der Waals surface area contributed by atoms with E-state index in [1.165, 1.54) is 6.20 Å². The van der Waals surface area contributed by atoms with Crippen molar-refractivity contribution in [3.05, 3.63) is 35.7 Å². The molecule has 0 radical (unpaired) electrons. The number of nitrogens with zero attached hydrogens (tertiary/aromatic N) is 3. The fraction of sp³-hybridized carbons (Fsp3) is 0.100.